The predicted octanol–water partition coefficient (Wildman–Crippen LogP) is 8.45. The van der Waals surface area contributed by atoms with Crippen molar-refractivity contribution in [3.63, 3.8) is 0 Å². The number of ether oxygens (including phenoxy) is 2. The highest BCUT2D eigenvalue weighted by molar-refractivity contribution is 9.11. The highest BCUT2D eigenvalue weighted by Crippen LogP contribution is 2.42. The summed E-state index contributed by atoms with van der Waals surface area (Å²) in [6, 6.07) is 4.72. The van der Waals surface area contributed by atoms with E-state index in [0.29, 0.717) is 44.7 Å². The van der Waals surface area contributed by atoms with E-state index in [1.54, 1.807) is 11.3 Å². The Kier molecular flexibility index (Phi) is 20.5. The van der Waals surface area contributed by atoms with Crippen molar-refractivity contribution < 1.29 is 24.2 Å². The molecule has 2 aliphatic heterocycles. The standard InChI is InChI=1S/C21H28BrN3O3S.C13H18BrNO3S.C8H12N2O.ClH/c1-5-25(15-6-8-28-9-7-15)21-14(4)17(18(22)29-21)20(27)23-11-16-12(2)10-13(3)24-19(16)26;1-3-15(9-4-6-18-7-5-9)12-8(2)10(13(16)17)11(14)19-12;1-5-3-6(2)10-8(11)7(5)4-9;/h10,15H,5-9,11H2,1-4H3,(H,23,27)(H,24,26);9H,3-7H2,1-2H3,(H,16,17);3H,4,9H2,1-2H3,(H,10,11);1H. The van der Waals surface area contributed by atoms with Gasteiger partial charge in [-0.25, -0.2) is 4.79 Å². The Balaban J connectivity index is 0.000000265. The maximum atomic E-state index is 13.0. The number of hydrogen-bond acceptors (Lipinski definition) is 11. The van der Waals surface area contributed by atoms with Gasteiger partial charge in [0.1, 0.15) is 0 Å². The van der Waals surface area contributed by atoms with Gasteiger partial charge in [0.2, 0.25) is 0 Å². The van der Waals surface area contributed by atoms with E-state index in [-0.39, 0.29) is 36.0 Å². The molecule has 332 valence electrons. The Bertz CT molecular complexity index is 2200. The molecule has 0 radical (unpaired) electrons. The van der Waals surface area contributed by atoms with E-state index < -0.39 is 5.97 Å². The van der Waals surface area contributed by atoms with Crippen molar-refractivity contribution in [2.75, 3.05) is 49.3 Å². The average molecular weight is 1020 g/mol. The number of carboxylic acids is 1. The van der Waals surface area contributed by atoms with Gasteiger partial charge in [0, 0.05) is 87.2 Å². The summed E-state index contributed by atoms with van der Waals surface area (Å²) in [4.78, 5) is 57.8. The van der Waals surface area contributed by atoms with Crippen LogP contribution in [0.3, 0.4) is 0 Å². The van der Waals surface area contributed by atoms with Gasteiger partial charge in [-0.3, -0.25) is 14.4 Å². The molecule has 18 heteroatoms. The predicted molar refractivity (Wildman–Crippen MR) is 254 cm³/mol. The fourth-order valence-corrected chi connectivity index (χ4v) is 11.8. The zero-order valence-electron chi connectivity index (χ0n) is 35.6. The topological polar surface area (TPSA) is 183 Å². The zero-order chi connectivity index (χ0) is 43.6. The molecule has 13 nitrogen and oxygen atoms in total. The first-order valence-corrected chi connectivity index (χ1v) is 23.1. The third-order valence-corrected chi connectivity index (χ3v) is 14.7. The maximum Gasteiger partial charge on any atom is 0.338 e. The normalized spacial score (nSPS) is 14.2. The van der Waals surface area contributed by atoms with Crippen LogP contribution in [0.4, 0.5) is 10.0 Å². The lowest BCUT2D eigenvalue weighted by Crippen LogP contribution is -2.39. The number of aromatic nitrogens is 2. The number of pyridine rings is 2. The number of nitrogens with zero attached hydrogens (tertiary/aromatic N) is 2. The van der Waals surface area contributed by atoms with Gasteiger partial charge >= 0.3 is 5.97 Å². The molecule has 6 rings (SSSR count). The summed E-state index contributed by atoms with van der Waals surface area (Å²) in [5.41, 5.74) is 12.8. The molecule has 4 aromatic heterocycles. The van der Waals surface area contributed by atoms with Crippen LogP contribution in [0.1, 0.15) is 105 Å². The number of nitrogens with one attached hydrogen (secondary N) is 3. The number of amides is 1. The number of carbonyl (C=O) groups excluding carboxylic acids is 1. The number of rotatable bonds is 11. The van der Waals surface area contributed by atoms with E-state index in [9.17, 15) is 24.3 Å². The minimum Gasteiger partial charge on any atom is -0.478 e. The van der Waals surface area contributed by atoms with Crippen LogP contribution in [0.25, 0.3) is 0 Å². The number of hydrogen-bond donors (Lipinski definition) is 5. The van der Waals surface area contributed by atoms with Gasteiger partial charge in [0.25, 0.3) is 17.0 Å². The number of nitrogens with two attached hydrogens (primary N) is 1. The molecule has 0 spiro atoms. The largest absolute Gasteiger partial charge is 0.478 e. The molecule has 1 amide bonds. The first-order chi connectivity index (χ1) is 28.0. The monoisotopic (exact) mass is 1020 g/mol. The molecule has 4 aromatic rings. The van der Waals surface area contributed by atoms with Crippen LogP contribution in [0, 0.1) is 41.5 Å². The maximum absolute atomic E-state index is 13.0. The van der Waals surface area contributed by atoms with Crippen molar-refractivity contribution >= 4 is 88.8 Å². The summed E-state index contributed by atoms with van der Waals surface area (Å²) < 4.78 is 12.4. The van der Waals surface area contributed by atoms with Crippen molar-refractivity contribution in [3.8, 4) is 0 Å². The number of aryl methyl sites for hydroxylation is 4. The summed E-state index contributed by atoms with van der Waals surface area (Å²) >= 11 is 10.1. The summed E-state index contributed by atoms with van der Waals surface area (Å²) in [7, 11) is 0. The molecule has 2 fully saturated rings. The Hall–Kier alpha value is -3.03. The molecular weight excluding hydrogens is 960 g/mol. The molecule has 0 saturated carbocycles. The Labute approximate surface area is 383 Å². The van der Waals surface area contributed by atoms with Gasteiger partial charge in [0.05, 0.1) is 28.7 Å². The molecule has 0 aliphatic carbocycles. The molecular formula is C42H59Br2ClN6O7S2. The second-order valence-corrected chi connectivity index (χ2v) is 19.3. The van der Waals surface area contributed by atoms with Crippen molar-refractivity contribution in [2.24, 2.45) is 5.73 Å². The van der Waals surface area contributed by atoms with Crippen molar-refractivity contribution in [3.05, 3.63) is 96.3 Å². The van der Waals surface area contributed by atoms with Gasteiger partial charge in [-0.15, -0.1) is 35.1 Å². The zero-order valence-corrected chi connectivity index (χ0v) is 41.3. The second-order valence-electron chi connectivity index (χ2n) is 14.7. The third kappa shape index (κ3) is 12.8. The number of thiophene rings is 2. The minimum absolute atomic E-state index is 0. The number of H-pyrrole nitrogens is 2. The van der Waals surface area contributed by atoms with Gasteiger partial charge in [-0.2, -0.15) is 0 Å². The van der Waals surface area contributed by atoms with E-state index >= 15 is 0 Å². The summed E-state index contributed by atoms with van der Waals surface area (Å²) in [6.45, 7) is 21.1. The molecule has 0 aromatic carbocycles. The van der Waals surface area contributed by atoms with E-state index in [2.05, 4.69) is 70.8 Å². The third-order valence-electron chi connectivity index (χ3n) is 10.7. The van der Waals surface area contributed by atoms with Crippen molar-refractivity contribution in [2.45, 2.75) is 106 Å². The number of carbonyl (C=O) groups is 2. The number of carboxylic acid groups (broad SMARTS) is 1. The molecule has 6 heterocycles. The Morgan fingerprint density at radius 1 is 0.767 bits per heavy atom. The number of aromatic carboxylic acids is 1. The number of aromatic amines is 2. The van der Waals surface area contributed by atoms with E-state index in [0.717, 1.165) is 113 Å². The van der Waals surface area contributed by atoms with Crippen LogP contribution in [0.5, 0.6) is 0 Å². The first-order valence-electron chi connectivity index (χ1n) is 19.9. The first kappa shape index (κ1) is 51.3. The summed E-state index contributed by atoms with van der Waals surface area (Å²) in [6.07, 6.45) is 4.01. The fourth-order valence-electron chi connectivity index (χ4n) is 7.61. The average Bonchev–Trinajstić information content (AvgIpc) is 3.65. The highest BCUT2D eigenvalue weighted by atomic mass is 79.9. The molecule has 0 unspecified atom stereocenters. The molecule has 0 atom stereocenters. The molecule has 0 bridgehead atoms. The van der Waals surface area contributed by atoms with Crippen LogP contribution in [0.15, 0.2) is 29.3 Å². The van der Waals surface area contributed by atoms with Crippen LogP contribution in [-0.2, 0) is 22.6 Å². The summed E-state index contributed by atoms with van der Waals surface area (Å²) in [5.74, 6) is -1.03. The summed E-state index contributed by atoms with van der Waals surface area (Å²) in [5, 5.41) is 14.4. The Morgan fingerprint density at radius 3 is 1.53 bits per heavy atom. The molecule has 2 aliphatic rings. The van der Waals surface area contributed by atoms with Gasteiger partial charge in [-0.1, -0.05) is 0 Å². The van der Waals surface area contributed by atoms with E-state index in [4.69, 9.17) is 15.2 Å². The SMILES string of the molecule is CCN(c1sc(Br)c(C(=O)NCc2c(C)cc(C)[nH]c2=O)c1C)C1CCOCC1.CCN(c1sc(Br)c(C(=O)O)c1C)C1CCOCC1.Cc1cc(C)c(CN)c(=O)[nH]1.Cl. The quantitative estimate of drug-likeness (QED) is 0.0978. The minimum atomic E-state index is -0.866. The number of anilines is 2. The lowest BCUT2D eigenvalue weighted by Gasteiger charge is -2.34. The van der Waals surface area contributed by atoms with E-state index in [1.807, 2.05) is 53.7 Å². The van der Waals surface area contributed by atoms with Crippen molar-refractivity contribution in [1.82, 2.24) is 15.3 Å². The second kappa shape index (κ2) is 24.0. The number of halogens is 3. The Morgan fingerprint density at radius 2 is 1.17 bits per heavy atom. The fraction of sp³-hybridized carbons (Fsp3) is 0.524. The van der Waals surface area contributed by atoms with Crippen molar-refractivity contribution in [1.29, 1.82) is 0 Å². The highest BCUT2D eigenvalue weighted by Gasteiger charge is 2.29. The molecule has 2 saturated heterocycles. The van der Waals surface area contributed by atoms with E-state index in [1.165, 1.54) is 11.3 Å². The van der Waals surface area contributed by atoms with Gasteiger partial charge in [-0.05, 0) is 147 Å². The van der Waals surface area contributed by atoms with Gasteiger partial charge < -0.3 is 45.4 Å². The molecule has 60 heavy (non-hydrogen) atoms. The van der Waals surface area contributed by atoms with Crippen LogP contribution < -0.4 is 32.0 Å². The lowest BCUT2D eigenvalue weighted by atomic mass is 10.1. The van der Waals surface area contributed by atoms with Crippen LogP contribution >= 0.6 is 66.9 Å². The van der Waals surface area contributed by atoms with Crippen LogP contribution in [0.2, 0.25) is 0 Å². The van der Waals surface area contributed by atoms with Crippen LogP contribution in [-0.4, -0.2) is 78.6 Å². The van der Waals surface area contributed by atoms with Gasteiger partial charge in [0.15, 0.2) is 0 Å². The molecule has 6 N–H and O–H groups in total. The smallest absolute Gasteiger partial charge is 0.338 e. The lowest BCUT2D eigenvalue weighted by molar-refractivity contribution is 0.0695.